The minimum Gasteiger partial charge on any atom is -0.338 e. The molecule has 2 rings (SSSR count). The van der Waals surface area contributed by atoms with Crippen LogP contribution >= 0.6 is 0 Å². The lowest BCUT2D eigenvalue weighted by Crippen LogP contribution is -2.38. The van der Waals surface area contributed by atoms with Gasteiger partial charge in [0.05, 0.1) is 0 Å². The third-order valence-electron chi connectivity index (χ3n) is 5.54. The van der Waals surface area contributed by atoms with E-state index < -0.39 is 0 Å². The number of aryl methyl sites for hydroxylation is 2. The van der Waals surface area contributed by atoms with Crippen LogP contribution in [-0.4, -0.2) is 22.6 Å². The van der Waals surface area contributed by atoms with Gasteiger partial charge >= 0.3 is 0 Å². The number of aromatic nitrogens is 2. The summed E-state index contributed by atoms with van der Waals surface area (Å²) in [4.78, 5) is 4.45. The van der Waals surface area contributed by atoms with E-state index in [9.17, 15) is 0 Å². The molecule has 1 aromatic rings. The largest absolute Gasteiger partial charge is 0.338 e. The highest BCUT2D eigenvalue weighted by molar-refractivity contribution is 4.93. The van der Waals surface area contributed by atoms with E-state index in [1.54, 1.807) is 0 Å². The van der Waals surface area contributed by atoms with Gasteiger partial charge in [0.15, 0.2) is 0 Å². The molecule has 0 bridgehead atoms. The fourth-order valence-electron chi connectivity index (χ4n) is 3.93. The molecule has 1 saturated carbocycles. The molecule has 1 atom stereocenters. The Morgan fingerprint density at radius 2 is 1.95 bits per heavy atom. The van der Waals surface area contributed by atoms with E-state index >= 15 is 0 Å². The summed E-state index contributed by atoms with van der Waals surface area (Å²) in [7, 11) is 4.21. The van der Waals surface area contributed by atoms with Crippen LogP contribution in [0.5, 0.6) is 0 Å². The van der Waals surface area contributed by atoms with Crippen molar-refractivity contribution in [3.05, 3.63) is 18.2 Å². The summed E-state index contributed by atoms with van der Waals surface area (Å²) in [5.74, 6) is 2.95. The first-order valence-corrected chi connectivity index (χ1v) is 8.55. The Labute approximate surface area is 130 Å². The van der Waals surface area contributed by atoms with Crippen LogP contribution < -0.4 is 5.32 Å². The molecule has 3 nitrogen and oxygen atoms in total. The molecule has 120 valence electrons. The molecule has 0 amide bonds. The topological polar surface area (TPSA) is 29.9 Å². The van der Waals surface area contributed by atoms with Crippen LogP contribution in [-0.2, 0) is 13.5 Å². The SMILES string of the molecule is CNC(CCc1nccn1C)C1CCC(C(C)(C)C)CC1. The van der Waals surface area contributed by atoms with E-state index in [1.807, 2.05) is 12.4 Å². The second-order valence-corrected chi connectivity index (χ2v) is 7.87. The number of nitrogens with one attached hydrogen (secondary N) is 1. The Morgan fingerprint density at radius 3 is 2.43 bits per heavy atom. The van der Waals surface area contributed by atoms with Crippen molar-refractivity contribution in [3.63, 3.8) is 0 Å². The number of nitrogens with zero attached hydrogens (tertiary/aromatic N) is 2. The van der Waals surface area contributed by atoms with Crippen molar-refractivity contribution in [1.29, 1.82) is 0 Å². The molecule has 0 saturated heterocycles. The molecule has 0 spiro atoms. The van der Waals surface area contributed by atoms with E-state index in [0.29, 0.717) is 11.5 Å². The van der Waals surface area contributed by atoms with Crippen LogP contribution in [0.4, 0.5) is 0 Å². The summed E-state index contributed by atoms with van der Waals surface area (Å²) in [5, 5.41) is 3.57. The minimum atomic E-state index is 0.479. The van der Waals surface area contributed by atoms with Gasteiger partial charge in [0.1, 0.15) is 5.82 Å². The maximum Gasteiger partial charge on any atom is 0.108 e. The molecule has 21 heavy (non-hydrogen) atoms. The lowest BCUT2D eigenvalue weighted by molar-refractivity contribution is 0.132. The van der Waals surface area contributed by atoms with Gasteiger partial charge in [0, 0.05) is 31.9 Å². The van der Waals surface area contributed by atoms with Crippen LogP contribution in [0.25, 0.3) is 0 Å². The Kier molecular flexibility index (Phi) is 5.48. The maximum absolute atomic E-state index is 4.45. The monoisotopic (exact) mass is 291 g/mol. The van der Waals surface area contributed by atoms with Crippen molar-refractivity contribution < 1.29 is 0 Å². The van der Waals surface area contributed by atoms with Gasteiger partial charge in [0.2, 0.25) is 0 Å². The molecule has 1 aliphatic rings. The molecule has 0 aromatic carbocycles. The van der Waals surface area contributed by atoms with Crippen LogP contribution in [0.2, 0.25) is 0 Å². The van der Waals surface area contributed by atoms with Crippen LogP contribution in [0.3, 0.4) is 0 Å². The molecular formula is C18H33N3. The molecular weight excluding hydrogens is 258 g/mol. The van der Waals surface area contributed by atoms with E-state index in [1.165, 1.54) is 37.9 Å². The first-order valence-electron chi connectivity index (χ1n) is 8.55. The third-order valence-corrected chi connectivity index (χ3v) is 5.54. The average molecular weight is 291 g/mol. The van der Waals surface area contributed by atoms with Gasteiger partial charge in [-0.15, -0.1) is 0 Å². The molecule has 3 heteroatoms. The molecule has 1 fully saturated rings. The standard InChI is InChI=1S/C18H33N3/c1-18(2,3)15-8-6-14(7-9-15)16(19-4)10-11-17-20-12-13-21(17)5/h12-16,19H,6-11H2,1-5H3. The van der Waals surface area contributed by atoms with Crippen molar-refractivity contribution in [3.8, 4) is 0 Å². The minimum absolute atomic E-state index is 0.479. The summed E-state index contributed by atoms with van der Waals surface area (Å²) in [6.45, 7) is 7.19. The van der Waals surface area contributed by atoms with Gasteiger partial charge in [-0.3, -0.25) is 0 Å². The van der Waals surface area contributed by atoms with Crippen molar-refractivity contribution >= 4 is 0 Å². The van der Waals surface area contributed by atoms with Crippen molar-refractivity contribution in [2.75, 3.05) is 7.05 Å². The average Bonchev–Trinajstić information content (AvgIpc) is 2.85. The van der Waals surface area contributed by atoms with E-state index in [4.69, 9.17) is 0 Å². The smallest absolute Gasteiger partial charge is 0.108 e. The highest BCUT2D eigenvalue weighted by Crippen LogP contribution is 2.41. The Morgan fingerprint density at radius 1 is 1.29 bits per heavy atom. The second-order valence-electron chi connectivity index (χ2n) is 7.87. The number of rotatable bonds is 5. The Balaban J connectivity index is 1.84. The zero-order chi connectivity index (χ0) is 15.5. The summed E-state index contributed by atoms with van der Waals surface area (Å²) in [6.07, 6.45) is 11.8. The molecule has 0 radical (unpaired) electrons. The zero-order valence-electron chi connectivity index (χ0n) is 14.5. The van der Waals surface area contributed by atoms with Gasteiger partial charge in [-0.2, -0.15) is 0 Å². The molecule has 1 unspecified atom stereocenters. The molecule has 1 aliphatic carbocycles. The highest BCUT2D eigenvalue weighted by Gasteiger charge is 2.32. The predicted octanol–water partition coefficient (Wildman–Crippen LogP) is 3.79. The summed E-state index contributed by atoms with van der Waals surface area (Å²) in [6, 6.07) is 0.641. The summed E-state index contributed by atoms with van der Waals surface area (Å²) < 4.78 is 2.14. The van der Waals surface area contributed by atoms with Crippen LogP contribution in [0.1, 0.15) is 58.7 Å². The first-order chi connectivity index (χ1) is 9.91. The number of hydrogen-bond donors (Lipinski definition) is 1. The fraction of sp³-hybridized carbons (Fsp3) is 0.833. The molecule has 1 heterocycles. The third kappa shape index (κ3) is 4.32. The second kappa shape index (κ2) is 6.95. The molecule has 1 N–H and O–H groups in total. The van der Waals surface area contributed by atoms with Crippen molar-refractivity contribution in [2.45, 2.75) is 65.3 Å². The van der Waals surface area contributed by atoms with E-state index in [0.717, 1.165) is 18.3 Å². The van der Waals surface area contributed by atoms with Gasteiger partial charge in [-0.05, 0) is 56.4 Å². The van der Waals surface area contributed by atoms with Gasteiger partial charge < -0.3 is 9.88 Å². The fourth-order valence-corrected chi connectivity index (χ4v) is 3.93. The van der Waals surface area contributed by atoms with Crippen LogP contribution in [0.15, 0.2) is 12.4 Å². The quantitative estimate of drug-likeness (QED) is 0.894. The summed E-state index contributed by atoms with van der Waals surface area (Å²) in [5.41, 5.74) is 0.479. The number of hydrogen-bond acceptors (Lipinski definition) is 2. The lowest BCUT2D eigenvalue weighted by Gasteiger charge is -2.39. The zero-order valence-corrected chi connectivity index (χ0v) is 14.5. The Hall–Kier alpha value is -0.830. The summed E-state index contributed by atoms with van der Waals surface area (Å²) >= 11 is 0. The maximum atomic E-state index is 4.45. The van der Waals surface area contributed by atoms with E-state index in [-0.39, 0.29) is 0 Å². The van der Waals surface area contributed by atoms with Gasteiger partial charge in [-0.25, -0.2) is 4.98 Å². The Bertz CT molecular complexity index is 422. The lowest BCUT2D eigenvalue weighted by atomic mass is 9.68. The number of imidazole rings is 1. The van der Waals surface area contributed by atoms with Crippen molar-refractivity contribution in [2.24, 2.45) is 24.3 Å². The first kappa shape index (κ1) is 16.5. The highest BCUT2D eigenvalue weighted by atomic mass is 15.0. The van der Waals surface area contributed by atoms with Crippen LogP contribution in [0, 0.1) is 17.3 Å². The van der Waals surface area contributed by atoms with E-state index in [2.05, 4.69) is 49.7 Å². The predicted molar refractivity (Wildman–Crippen MR) is 89.3 cm³/mol. The van der Waals surface area contributed by atoms with Gasteiger partial charge in [-0.1, -0.05) is 20.8 Å². The normalized spacial score (nSPS) is 25.0. The molecule has 0 aliphatic heterocycles. The molecule has 1 aromatic heterocycles. The van der Waals surface area contributed by atoms with Gasteiger partial charge in [0.25, 0.3) is 0 Å². The van der Waals surface area contributed by atoms with Crippen molar-refractivity contribution in [1.82, 2.24) is 14.9 Å².